The molecule has 0 aromatic rings. The second-order valence-electron chi connectivity index (χ2n) is 1.33. The topological polar surface area (TPSA) is 50.1 Å². The highest BCUT2D eigenvalue weighted by Gasteiger charge is 1.84. The van der Waals surface area contributed by atoms with E-state index in [4.69, 9.17) is 5.26 Å². The fourth-order valence-corrected chi connectivity index (χ4v) is 0.266. The molecule has 3 heteroatoms. The lowest BCUT2D eigenvalue weighted by Gasteiger charge is -1.91. The van der Waals surface area contributed by atoms with Gasteiger partial charge in [-0.3, -0.25) is 4.79 Å². The van der Waals surface area contributed by atoms with Crippen molar-refractivity contribution in [1.29, 1.82) is 5.26 Å². The van der Waals surface area contributed by atoms with Crippen molar-refractivity contribution in [3.63, 3.8) is 0 Å². The number of hydrogen-bond donors (Lipinski definition) is 0. The van der Waals surface area contributed by atoms with Gasteiger partial charge >= 0.3 is 5.97 Å². The maximum absolute atomic E-state index is 10.1. The van der Waals surface area contributed by atoms with Crippen LogP contribution in [-0.4, -0.2) is 12.6 Å². The third-order valence-corrected chi connectivity index (χ3v) is 0.575. The zero-order valence-electron chi connectivity index (χ0n) is 5.13. The molecule has 0 aliphatic heterocycles. The van der Waals surface area contributed by atoms with Crippen molar-refractivity contribution in [3.05, 3.63) is 12.2 Å². The predicted molar refractivity (Wildman–Crippen MR) is 31.4 cm³/mol. The van der Waals surface area contributed by atoms with Crippen LogP contribution in [0, 0.1) is 11.3 Å². The smallest absolute Gasteiger partial charge is 0.302 e. The largest absolute Gasteiger partial charge is 0.462 e. The molecule has 0 unspecified atom stereocenters. The minimum absolute atomic E-state index is 0.183. The van der Waals surface area contributed by atoms with Gasteiger partial charge in [0.05, 0.1) is 6.07 Å². The van der Waals surface area contributed by atoms with E-state index in [2.05, 4.69) is 4.74 Å². The lowest BCUT2D eigenvalue weighted by molar-refractivity contribution is -0.139. The van der Waals surface area contributed by atoms with Gasteiger partial charge in [-0.2, -0.15) is 5.26 Å². The number of carbonyl (C=O) groups excluding carboxylic acids is 1. The average molecular weight is 125 g/mol. The molecule has 9 heavy (non-hydrogen) atoms. The third-order valence-electron chi connectivity index (χ3n) is 0.575. The molecule has 0 saturated carbocycles. The Labute approximate surface area is 53.5 Å². The van der Waals surface area contributed by atoms with E-state index in [1.165, 1.54) is 19.1 Å². The highest BCUT2D eigenvalue weighted by Crippen LogP contribution is 1.76. The first-order chi connectivity index (χ1) is 4.27. The van der Waals surface area contributed by atoms with E-state index in [-0.39, 0.29) is 12.6 Å². The number of hydrogen-bond acceptors (Lipinski definition) is 3. The van der Waals surface area contributed by atoms with Gasteiger partial charge in [0.2, 0.25) is 0 Å². The molecule has 0 amide bonds. The SMILES string of the molecule is CC(=O)OCC=CC#N. The van der Waals surface area contributed by atoms with E-state index in [0.717, 1.165) is 0 Å². The van der Waals surface area contributed by atoms with Crippen LogP contribution in [0.25, 0.3) is 0 Å². The van der Waals surface area contributed by atoms with E-state index >= 15 is 0 Å². The van der Waals surface area contributed by atoms with E-state index in [9.17, 15) is 4.79 Å². The molecule has 0 aromatic carbocycles. The first kappa shape index (κ1) is 7.70. The predicted octanol–water partition coefficient (Wildman–Crippen LogP) is 0.629. The van der Waals surface area contributed by atoms with Gasteiger partial charge in [-0.25, -0.2) is 0 Å². The number of rotatable bonds is 2. The van der Waals surface area contributed by atoms with E-state index in [1.807, 2.05) is 0 Å². The Kier molecular flexibility index (Phi) is 4.15. The maximum atomic E-state index is 10.1. The standard InChI is InChI=1S/C6H7NO2/c1-6(8)9-5-3-2-4-7/h2-3H,5H2,1H3. The number of carbonyl (C=O) groups is 1. The molecular weight excluding hydrogens is 118 g/mol. The van der Waals surface area contributed by atoms with Gasteiger partial charge in [0.25, 0.3) is 0 Å². The monoisotopic (exact) mass is 125 g/mol. The van der Waals surface area contributed by atoms with Crippen molar-refractivity contribution in [2.24, 2.45) is 0 Å². The van der Waals surface area contributed by atoms with Crippen LogP contribution >= 0.6 is 0 Å². The Hall–Kier alpha value is -1.30. The Morgan fingerprint density at radius 1 is 1.89 bits per heavy atom. The van der Waals surface area contributed by atoms with Gasteiger partial charge in [-0.15, -0.1) is 0 Å². The third kappa shape index (κ3) is 6.70. The van der Waals surface area contributed by atoms with Gasteiger partial charge in [0, 0.05) is 13.0 Å². The molecule has 0 fully saturated rings. The fraction of sp³-hybridized carbons (Fsp3) is 0.333. The summed E-state index contributed by atoms with van der Waals surface area (Å²) in [4.78, 5) is 10.1. The number of ether oxygens (including phenoxy) is 1. The number of allylic oxidation sites excluding steroid dienone is 1. The highest BCUT2D eigenvalue weighted by molar-refractivity contribution is 5.65. The molecule has 0 spiro atoms. The Morgan fingerprint density at radius 2 is 2.56 bits per heavy atom. The van der Waals surface area contributed by atoms with Crippen molar-refractivity contribution in [2.75, 3.05) is 6.61 Å². The molecule has 0 aromatic heterocycles. The van der Waals surface area contributed by atoms with Crippen LogP contribution in [0.2, 0.25) is 0 Å². The van der Waals surface area contributed by atoms with Gasteiger partial charge in [0.1, 0.15) is 6.61 Å². The zero-order valence-corrected chi connectivity index (χ0v) is 5.13. The van der Waals surface area contributed by atoms with Crippen molar-refractivity contribution < 1.29 is 9.53 Å². The molecule has 48 valence electrons. The van der Waals surface area contributed by atoms with E-state index in [1.54, 1.807) is 6.07 Å². The van der Waals surface area contributed by atoms with Crippen molar-refractivity contribution in [3.8, 4) is 6.07 Å². The molecule has 0 saturated heterocycles. The van der Waals surface area contributed by atoms with Crippen LogP contribution < -0.4 is 0 Å². The maximum Gasteiger partial charge on any atom is 0.302 e. The second-order valence-corrected chi connectivity index (χ2v) is 1.33. The molecule has 0 bridgehead atoms. The van der Waals surface area contributed by atoms with Gasteiger partial charge in [-0.05, 0) is 6.08 Å². The summed E-state index contributed by atoms with van der Waals surface area (Å²) in [5, 5.41) is 7.95. The second kappa shape index (κ2) is 4.85. The quantitative estimate of drug-likeness (QED) is 0.401. The molecule has 0 N–H and O–H groups in total. The minimum Gasteiger partial charge on any atom is -0.462 e. The minimum atomic E-state index is -0.336. The number of nitrogens with zero attached hydrogens (tertiary/aromatic N) is 1. The van der Waals surface area contributed by atoms with Crippen LogP contribution in [-0.2, 0) is 9.53 Å². The summed E-state index contributed by atoms with van der Waals surface area (Å²) in [5.74, 6) is -0.336. The van der Waals surface area contributed by atoms with Crippen molar-refractivity contribution >= 4 is 5.97 Å². The number of esters is 1. The first-order valence-corrected chi connectivity index (χ1v) is 2.45. The molecule has 0 aliphatic rings. The summed E-state index contributed by atoms with van der Waals surface area (Å²) < 4.78 is 4.47. The first-order valence-electron chi connectivity index (χ1n) is 2.45. The van der Waals surface area contributed by atoms with Crippen LogP contribution in [0.3, 0.4) is 0 Å². The Balaban J connectivity index is 3.22. The summed E-state index contributed by atoms with van der Waals surface area (Å²) in [7, 11) is 0. The Bertz CT molecular complexity index is 155. The van der Waals surface area contributed by atoms with Gasteiger partial charge in [-0.1, -0.05) is 0 Å². The molecular formula is C6H7NO2. The molecule has 0 radical (unpaired) electrons. The molecule has 0 aliphatic carbocycles. The summed E-state index contributed by atoms with van der Waals surface area (Å²) in [6, 6.07) is 1.77. The summed E-state index contributed by atoms with van der Waals surface area (Å²) >= 11 is 0. The summed E-state index contributed by atoms with van der Waals surface area (Å²) in [5.41, 5.74) is 0. The Morgan fingerprint density at radius 3 is 3.00 bits per heavy atom. The average Bonchev–Trinajstić information content (AvgIpc) is 1.80. The fourth-order valence-electron chi connectivity index (χ4n) is 0.266. The van der Waals surface area contributed by atoms with Crippen LogP contribution in [0.1, 0.15) is 6.92 Å². The lowest BCUT2D eigenvalue weighted by atomic mass is 10.5. The van der Waals surface area contributed by atoms with Crippen LogP contribution in [0.5, 0.6) is 0 Å². The molecule has 0 rings (SSSR count). The van der Waals surface area contributed by atoms with E-state index < -0.39 is 0 Å². The highest BCUT2D eigenvalue weighted by atomic mass is 16.5. The number of nitriles is 1. The molecule has 3 nitrogen and oxygen atoms in total. The zero-order chi connectivity index (χ0) is 7.11. The van der Waals surface area contributed by atoms with Gasteiger partial charge in [0.15, 0.2) is 0 Å². The molecule has 0 heterocycles. The summed E-state index contributed by atoms with van der Waals surface area (Å²) in [6.45, 7) is 1.50. The van der Waals surface area contributed by atoms with E-state index in [0.29, 0.717) is 0 Å². The van der Waals surface area contributed by atoms with Crippen LogP contribution in [0.15, 0.2) is 12.2 Å². The van der Waals surface area contributed by atoms with Crippen LogP contribution in [0.4, 0.5) is 0 Å². The molecule has 0 atom stereocenters. The van der Waals surface area contributed by atoms with Gasteiger partial charge < -0.3 is 4.74 Å². The van der Waals surface area contributed by atoms with Crippen molar-refractivity contribution in [2.45, 2.75) is 6.92 Å². The normalized spacial score (nSPS) is 8.89. The van der Waals surface area contributed by atoms with Crippen molar-refractivity contribution in [1.82, 2.24) is 0 Å². The lowest BCUT2D eigenvalue weighted by Crippen LogP contribution is -1.96. The summed E-state index contributed by atoms with van der Waals surface area (Å²) in [6.07, 6.45) is 2.74.